The zero-order valence-electron chi connectivity index (χ0n) is 34.0. The highest BCUT2D eigenvalue weighted by Crippen LogP contribution is 2.43. The highest BCUT2D eigenvalue weighted by atomic mass is 32.1. The van der Waals surface area contributed by atoms with Crippen molar-refractivity contribution in [1.29, 1.82) is 0 Å². The van der Waals surface area contributed by atoms with Crippen molar-refractivity contribution in [2.75, 3.05) is 11.9 Å². The number of hydrogen-bond acceptors (Lipinski definition) is 11. The van der Waals surface area contributed by atoms with Crippen molar-refractivity contribution in [3.8, 4) is 11.5 Å². The Morgan fingerprint density at radius 3 is 1.79 bits per heavy atom. The molecule has 0 fully saturated rings. The summed E-state index contributed by atoms with van der Waals surface area (Å²) in [7, 11) is 0. The molecule has 62 heavy (non-hydrogen) atoms. The molecule has 6 aromatic carbocycles. The summed E-state index contributed by atoms with van der Waals surface area (Å²) in [6.07, 6.45) is -0.834. The van der Waals surface area contributed by atoms with Gasteiger partial charge < -0.3 is 29.1 Å². The zero-order chi connectivity index (χ0) is 42.9. The summed E-state index contributed by atoms with van der Waals surface area (Å²) < 4.78 is 23.8. The lowest BCUT2D eigenvalue weighted by molar-refractivity contribution is -0.162. The smallest absolute Gasteiger partial charge is 0.363 e. The number of fused-ring (bicyclic) bond motifs is 1. The molecule has 2 heterocycles. The Balaban J connectivity index is 1.19. The average Bonchev–Trinajstić information content (AvgIpc) is 3.91. The predicted octanol–water partition coefficient (Wildman–Crippen LogP) is 10.6. The minimum atomic E-state index is -1.48. The third-order valence-corrected chi connectivity index (χ3v) is 10.8. The van der Waals surface area contributed by atoms with Gasteiger partial charge in [0.2, 0.25) is 17.6 Å². The summed E-state index contributed by atoms with van der Waals surface area (Å²) in [5, 5.41) is 10.2. The first-order valence-electron chi connectivity index (χ1n) is 20.0. The summed E-state index contributed by atoms with van der Waals surface area (Å²) in [6, 6.07) is 54.0. The van der Waals surface area contributed by atoms with Gasteiger partial charge in [-0.25, -0.2) is 14.6 Å². The van der Waals surface area contributed by atoms with Crippen LogP contribution in [0, 0.1) is 0 Å². The minimum Gasteiger partial charge on any atom is -0.457 e. The largest absolute Gasteiger partial charge is 0.457 e. The molecule has 1 aromatic heterocycles. The number of carbonyl (C=O) groups excluding carboxylic acids is 2. The van der Waals surface area contributed by atoms with Gasteiger partial charge in [0.05, 0.1) is 0 Å². The first-order valence-corrected chi connectivity index (χ1v) is 20.9. The summed E-state index contributed by atoms with van der Waals surface area (Å²) in [5.41, 5.74) is 3.72. The van der Waals surface area contributed by atoms with E-state index in [0.717, 1.165) is 27.8 Å². The number of ether oxygens (including phenoxy) is 4. The molecule has 0 radical (unpaired) electrons. The Bertz CT molecular complexity index is 2520. The fourth-order valence-electron chi connectivity index (χ4n) is 7.28. The molecule has 0 bridgehead atoms. The molecule has 7 aromatic rings. The maximum absolute atomic E-state index is 14.5. The van der Waals surface area contributed by atoms with Crippen LogP contribution in [0.4, 0.5) is 5.13 Å². The van der Waals surface area contributed by atoms with Crippen molar-refractivity contribution in [2.45, 2.75) is 37.4 Å². The van der Waals surface area contributed by atoms with Crippen molar-refractivity contribution in [3.63, 3.8) is 0 Å². The number of anilines is 1. The van der Waals surface area contributed by atoms with Gasteiger partial charge in [0, 0.05) is 24.8 Å². The van der Waals surface area contributed by atoms with Gasteiger partial charge in [0.25, 0.3) is 0 Å². The maximum atomic E-state index is 14.5. The van der Waals surface area contributed by atoms with E-state index in [1.807, 2.05) is 115 Å². The van der Waals surface area contributed by atoms with Crippen molar-refractivity contribution < 1.29 is 33.4 Å². The third kappa shape index (κ3) is 8.98. The number of benzene rings is 6. The zero-order valence-corrected chi connectivity index (χ0v) is 34.9. The van der Waals surface area contributed by atoms with Crippen molar-refractivity contribution in [3.05, 3.63) is 227 Å². The Morgan fingerprint density at radius 2 is 1.26 bits per heavy atom. The van der Waals surface area contributed by atoms with Gasteiger partial charge in [-0.05, 0) is 39.9 Å². The topological polar surface area (TPSA) is 118 Å². The lowest BCUT2D eigenvalue weighted by Gasteiger charge is -2.36. The second-order valence-electron chi connectivity index (χ2n) is 14.8. The van der Waals surface area contributed by atoms with E-state index >= 15 is 0 Å². The first kappa shape index (κ1) is 41.2. The molecule has 0 unspecified atom stereocenters. The Morgan fingerprint density at radius 1 is 0.742 bits per heavy atom. The molecule has 0 saturated heterocycles. The van der Waals surface area contributed by atoms with E-state index in [2.05, 4.69) is 53.4 Å². The lowest BCUT2D eigenvalue weighted by Crippen LogP contribution is -2.38. The van der Waals surface area contributed by atoms with Gasteiger partial charge >= 0.3 is 11.9 Å². The molecule has 10 nitrogen and oxygen atoms in total. The summed E-state index contributed by atoms with van der Waals surface area (Å²) in [4.78, 5) is 39.5. The van der Waals surface area contributed by atoms with E-state index in [9.17, 15) is 9.59 Å². The monoisotopic (exact) mass is 841 g/mol. The van der Waals surface area contributed by atoms with Gasteiger partial charge in [0.1, 0.15) is 17.8 Å². The van der Waals surface area contributed by atoms with Gasteiger partial charge in [0.15, 0.2) is 22.7 Å². The number of nitrogens with zero attached hydrogens (tertiary/aromatic N) is 2. The molecule has 0 saturated carbocycles. The molecule has 1 atom stereocenters. The van der Waals surface area contributed by atoms with Crippen LogP contribution < -0.4 is 14.8 Å². The second kappa shape index (κ2) is 18.4. The molecule has 1 aliphatic heterocycles. The number of rotatable bonds is 16. The number of carbonyl (C=O) groups is 2. The quantitative estimate of drug-likeness (QED) is 0.0334. The predicted molar refractivity (Wildman–Crippen MR) is 239 cm³/mol. The maximum Gasteiger partial charge on any atom is 0.363 e. The molecule has 0 amide bonds. The van der Waals surface area contributed by atoms with Crippen LogP contribution in [-0.2, 0) is 29.4 Å². The molecule has 1 aliphatic rings. The van der Waals surface area contributed by atoms with E-state index in [1.165, 1.54) is 17.4 Å². The van der Waals surface area contributed by atoms with E-state index in [1.54, 1.807) is 37.4 Å². The van der Waals surface area contributed by atoms with Gasteiger partial charge in [-0.15, -0.1) is 11.3 Å². The first-order chi connectivity index (χ1) is 30.2. The van der Waals surface area contributed by atoms with E-state index in [-0.39, 0.29) is 18.0 Å². The summed E-state index contributed by atoms with van der Waals surface area (Å²) in [6.45, 7) is 7.15. The SMILES string of the molecule is C=CCOC(=O)/C(=N\O[C@H](C(=O)OC(c1ccccc1)c1ccccc1)c1ccc2c(c1)OC(C)(C)O2)c1csc(NC(c2ccccc2)(c2ccccc2)c2ccccc2)n1. The van der Waals surface area contributed by atoms with E-state index in [0.29, 0.717) is 22.2 Å². The average molecular weight is 842 g/mol. The van der Waals surface area contributed by atoms with E-state index < -0.39 is 35.5 Å². The van der Waals surface area contributed by atoms with Gasteiger partial charge in [-0.3, -0.25) is 0 Å². The molecular weight excluding hydrogens is 799 g/mol. The van der Waals surface area contributed by atoms with Crippen LogP contribution in [0.3, 0.4) is 0 Å². The number of hydrogen-bond donors (Lipinski definition) is 1. The van der Waals surface area contributed by atoms with Gasteiger partial charge in [-0.1, -0.05) is 176 Å². The second-order valence-corrected chi connectivity index (χ2v) is 15.6. The van der Waals surface area contributed by atoms with Crippen molar-refractivity contribution >= 4 is 34.1 Å². The van der Waals surface area contributed by atoms with Crippen LogP contribution in [0.25, 0.3) is 0 Å². The summed E-state index contributed by atoms with van der Waals surface area (Å²) in [5.74, 6) is -1.65. The molecule has 1 N–H and O–H groups in total. The highest BCUT2D eigenvalue weighted by molar-refractivity contribution is 7.14. The number of aromatic nitrogens is 1. The Hall–Kier alpha value is -7.50. The standard InChI is InChI=1S/C51H43N3O7S/c1-4-32-57-47(55)44(41-34-62-49(52-41)53-51(38-24-14-7-15-25-38,39-26-16-8-17-27-39)40-28-18-9-19-29-40)54-61-46(37-30-31-42-43(33-37)60-50(2,3)59-42)48(56)58-45(35-20-10-5-11-21-35)36-22-12-6-13-23-36/h4-31,33-34,45-46H,1,32H2,2-3H3,(H,52,53)/b54-44-/t46-/m0/s1. The van der Waals surface area contributed by atoms with Crippen LogP contribution in [0.5, 0.6) is 11.5 Å². The van der Waals surface area contributed by atoms with Crippen LogP contribution in [0.1, 0.15) is 65.1 Å². The Labute approximate surface area is 364 Å². The van der Waals surface area contributed by atoms with Crippen LogP contribution in [-0.4, -0.2) is 35.0 Å². The van der Waals surface area contributed by atoms with Crippen LogP contribution in [0.2, 0.25) is 0 Å². The molecule has 310 valence electrons. The Kier molecular flexibility index (Phi) is 12.2. The van der Waals surface area contributed by atoms with Crippen molar-refractivity contribution in [1.82, 2.24) is 4.98 Å². The fourth-order valence-corrected chi connectivity index (χ4v) is 8.03. The number of esters is 2. The van der Waals surface area contributed by atoms with Crippen molar-refractivity contribution in [2.24, 2.45) is 5.16 Å². The molecule has 11 heteroatoms. The van der Waals surface area contributed by atoms with E-state index in [4.69, 9.17) is 28.8 Å². The van der Waals surface area contributed by atoms with Crippen LogP contribution >= 0.6 is 11.3 Å². The van der Waals surface area contributed by atoms with Gasteiger partial charge in [-0.2, -0.15) is 0 Å². The number of nitrogens with one attached hydrogen (secondary N) is 1. The molecular formula is C51H43N3O7S. The lowest BCUT2D eigenvalue weighted by atomic mass is 9.77. The number of oxime groups is 1. The normalized spacial score (nSPS) is 13.5. The molecule has 8 rings (SSSR count). The molecule has 0 spiro atoms. The fraction of sp³-hybridized carbons (Fsp3) is 0.137. The number of thiazole rings is 1. The highest BCUT2D eigenvalue weighted by Gasteiger charge is 2.38. The molecule has 0 aliphatic carbocycles. The third-order valence-electron chi connectivity index (χ3n) is 10.1. The summed E-state index contributed by atoms with van der Waals surface area (Å²) >= 11 is 1.28. The van der Waals surface area contributed by atoms with Crippen LogP contribution in [0.15, 0.2) is 193 Å². The minimum absolute atomic E-state index is 0.106.